The van der Waals surface area contributed by atoms with Gasteiger partial charge >= 0.3 is 0 Å². The Morgan fingerprint density at radius 2 is 1.90 bits per heavy atom. The topological polar surface area (TPSA) is 54.5 Å². The first-order valence-corrected chi connectivity index (χ1v) is 10.0. The maximum absolute atomic E-state index is 12.9. The lowest BCUT2D eigenvalue weighted by molar-refractivity contribution is 0.0683. The summed E-state index contributed by atoms with van der Waals surface area (Å²) in [6.45, 7) is 3.84. The molecule has 0 spiro atoms. The predicted octanol–water partition coefficient (Wildman–Crippen LogP) is 5.49. The molecule has 148 valence electrons. The van der Waals surface area contributed by atoms with Crippen LogP contribution in [0.25, 0.3) is 0 Å². The van der Waals surface area contributed by atoms with Crippen LogP contribution in [0.4, 0.5) is 11.5 Å². The molecule has 1 amide bonds. The number of carbonyl (C=O) groups excluding carboxylic acids is 1. The molecule has 0 saturated carbocycles. The third kappa shape index (κ3) is 4.74. The van der Waals surface area contributed by atoms with Gasteiger partial charge in [0.05, 0.1) is 5.69 Å². The smallest absolute Gasteiger partial charge is 0.254 e. The minimum Gasteiger partial charge on any atom is -0.455 e. The Kier molecular flexibility index (Phi) is 5.75. The van der Waals surface area contributed by atoms with E-state index >= 15 is 0 Å². The summed E-state index contributed by atoms with van der Waals surface area (Å²) >= 11 is 0. The van der Waals surface area contributed by atoms with Gasteiger partial charge in [0.25, 0.3) is 5.91 Å². The average Bonchev–Trinajstić information content (AvgIpc) is 2.75. The van der Waals surface area contributed by atoms with Gasteiger partial charge in [0.1, 0.15) is 11.6 Å². The molecule has 0 bridgehead atoms. The molecular weight excluding hydrogens is 362 g/mol. The highest BCUT2D eigenvalue weighted by Crippen LogP contribution is 2.31. The molecule has 29 heavy (non-hydrogen) atoms. The highest BCUT2D eigenvalue weighted by Gasteiger charge is 2.22. The van der Waals surface area contributed by atoms with Crippen molar-refractivity contribution in [2.75, 3.05) is 18.4 Å². The second-order valence-electron chi connectivity index (χ2n) is 7.46. The number of nitrogens with zero attached hydrogens (tertiary/aromatic N) is 2. The van der Waals surface area contributed by atoms with E-state index in [9.17, 15) is 4.79 Å². The molecule has 5 heteroatoms. The molecule has 1 saturated heterocycles. The normalized spacial score (nSPS) is 16.3. The standard InChI is InChI=1S/C24H25N3O2/c1-18-8-7-15-27(17-18)24(28)19-13-14-25-23(16-19)26-21-11-5-6-12-22(21)29-20-9-3-2-4-10-20/h2-6,9-14,16,18H,7-8,15,17H2,1H3,(H,25,26). The minimum absolute atomic E-state index is 0.0656. The fourth-order valence-corrected chi connectivity index (χ4v) is 3.60. The molecule has 4 rings (SSSR count). The van der Waals surface area contributed by atoms with Gasteiger partial charge in [-0.25, -0.2) is 4.98 Å². The number of para-hydroxylation sites is 3. The summed E-state index contributed by atoms with van der Waals surface area (Å²) in [6, 6.07) is 20.9. The number of ether oxygens (including phenoxy) is 1. The third-order valence-electron chi connectivity index (χ3n) is 5.07. The highest BCUT2D eigenvalue weighted by molar-refractivity contribution is 5.95. The fraction of sp³-hybridized carbons (Fsp3) is 0.250. The van der Waals surface area contributed by atoms with E-state index in [-0.39, 0.29) is 5.91 Å². The van der Waals surface area contributed by atoms with Gasteiger partial charge in [-0.05, 0) is 55.2 Å². The Morgan fingerprint density at radius 3 is 2.72 bits per heavy atom. The van der Waals surface area contributed by atoms with Crippen LogP contribution < -0.4 is 10.1 Å². The van der Waals surface area contributed by atoms with Gasteiger partial charge in [0.2, 0.25) is 0 Å². The molecule has 1 aliphatic heterocycles. The lowest BCUT2D eigenvalue weighted by Gasteiger charge is -2.31. The van der Waals surface area contributed by atoms with E-state index in [1.54, 1.807) is 18.3 Å². The van der Waals surface area contributed by atoms with Crippen LogP contribution in [-0.2, 0) is 0 Å². The molecule has 1 fully saturated rings. The van der Waals surface area contributed by atoms with Crippen LogP contribution in [0.5, 0.6) is 11.5 Å². The lowest BCUT2D eigenvalue weighted by atomic mass is 9.99. The Bertz CT molecular complexity index is 975. The van der Waals surface area contributed by atoms with Crippen molar-refractivity contribution in [3.05, 3.63) is 78.5 Å². The summed E-state index contributed by atoms with van der Waals surface area (Å²) in [5.41, 5.74) is 1.44. The van der Waals surface area contributed by atoms with Crippen molar-refractivity contribution >= 4 is 17.4 Å². The molecule has 0 aliphatic carbocycles. The second-order valence-corrected chi connectivity index (χ2v) is 7.46. The van der Waals surface area contributed by atoms with Crippen molar-refractivity contribution in [2.45, 2.75) is 19.8 Å². The van der Waals surface area contributed by atoms with Gasteiger partial charge < -0.3 is 15.0 Å². The van der Waals surface area contributed by atoms with E-state index in [1.807, 2.05) is 59.5 Å². The monoisotopic (exact) mass is 387 g/mol. The van der Waals surface area contributed by atoms with Gasteiger partial charge in [0, 0.05) is 24.8 Å². The number of anilines is 2. The molecule has 2 heterocycles. The summed E-state index contributed by atoms with van der Waals surface area (Å²) in [7, 11) is 0. The lowest BCUT2D eigenvalue weighted by Crippen LogP contribution is -2.39. The van der Waals surface area contributed by atoms with Crippen LogP contribution in [0.1, 0.15) is 30.1 Å². The number of hydrogen-bond donors (Lipinski definition) is 1. The number of likely N-dealkylation sites (tertiary alicyclic amines) is 1. The Balaban J connectivity index is 1.52. The summed E-state index contributed by atoms with van der Waals surface area (Å²) in [6.07, 6.45) is 3.92. The summed E-state index contributed by atoms with van der Waals surface area (Å²) in [5.74, 6) is 2.69. The average molecular weight is 387 g/mol. The molecule has 2 aromatic carbocycles. The van der Waals surface area contributed by atoms with Crippen molar-refractivity contribution in [3.63, 3.8) is 0 Å². The van der Waals surface area contributed by atoms with Crippen molar-refractivity contribution in [3.8, 4) is 11.5 Å². The summed E-state index contributed by atoms with van der Waals surface area (Å²) in [5, 5.41) is 3.29. The first kappa shape index (κ1) is 19.0. The summed E-state index contributed by atoms with van der Waals surface area (Å²) in [4.78, 5) is 19.2. The number of amides is 1. The van der Waals surface area contributed by atoms with Gasteiger partial charge in [-0.1, -0.05) is 37.3 Å². The van der Waals surface area contributed by atoms with Crippen LogP contribution >= 0.6 is 0 Å². The van der Waals surface area contributed by atoms with Gasteiger partial charge in [-0.2, -0.15) is 0 Å². The number of pyridine rings is 1. The van der Waals surface area contributed by atoms with E-state index in [4.69, 9.17) is 4.74 Å². The van der Waals surface area contributed by atoms with Gasteiger partial charge in [-0.3, -0.25) is 4.79 Å². The van der Waals surface area contributed by atoms with Crippen molar-refractivity contribution in [2.24, 2.45) is 5.92 Å². The first-order chi connectivity index (χ1) is 14.2. The van der Waals surface area contributed by atoms with E-state index in [0.29, 0.717) is 23.0 Å². The number of nitrogens with one attached hydrogen (secondary N) is 1. The number of piperidine rings is 1. The van der Waals surface area contributed by atoms with E-state index in [0.717, 1.165) is 30.9 Å². The number of rotatable bonds is 5. The number of benzene rings is 2. The SMILES string of the molecule is CC1CCCN(C(=O)c2ccnc(Nc3ccccc3Oc3ccccc3)c2)C1. The molecule has 1 aliphatic rings. The molecule has 3 aromatic rings. The van der Waals surface area contributed by atoms with Crippen molar-refractivity contribution in [1.29, 1.82) is 0 Å². The molecule has 5 nitrogen and oxygen atoms in total. The quantitative estimate of drug-likeness (QED) is 0.629. The van der Waals surface area contributed by atoms with E-state index in [2.05, 4.69) is 17.2 Å². The second kappa shape index (κ2) is 8.78. The largest absolute Gasteiger partial charge is 0.455 e. The van der Waals surface area contributed by atoms with Gasteiger partial charge in [0.15, 0.2) is 5.75 Å². The zero-order valence-corrected chi connectivity index (χ0v) is 16.5. The zero-order chi connectivity index (χ0) is 20.1. The Hall–Kier alpha value is -3.34. The van der Waals surface area contributed by atoms with E-state index in [1.165, 1.54) is 6.42 Å². The zero-order valence-electron chi connectivity index (χ0n) is 16.5. The minimum atomic E-state index is 0.0656. The Morgan fingerprint density at radius 1 is 1.10 bits per heavy atom. The molecular formula is C24H25N3O2. The van der Waals surface area contributed by atoms with Crippen LogP contribution in [0.15, 0.2) is 72.9 Å². The van der Waals surface area contributed by atoms with Crippen LogP contribution in [0, 0.1) is 5.92 Å². The van der Waals surface area contributed by atoms with Crippen molar-refractivity contribution in [1.82, 2.24) is 9.88 Å². The number of aromatic nitrogens is 1. The maximum atomic E-state index is 12.9. The predicted molar refractivity (Wildman–Crippen MR) is 115 cm³/mol. The summed E-state index contributed by atoms with van der Waals surface area (Å²) < 4.78 is 6.00. The molecule has 1 atom stereocenters. The van der Waals surface area contributed by atoms with Crippen molar-refractivity contribution < 1.29 is 9.53 Å². The van der Waals surface area contributed by atoms with Crippen LogP contribution in [0.3, 0.4) is 0 Å². The molecule has 1 N–H and O–H groups in total. The maximum Gasteiger partial charge on any atom is 0.254 e. The van der Waals surface area contributed by atoms with E-state index < -0.39 is 0 Å². The van der Waals surface area contributed by atoms with Crippen LogP contribution in [0.2, 0.25) is 0 Å². The Labute approximate surface area is 171 Å². The molecule has 1 unspecified atom stereocenters. The number of carbonyl (C=O) groups is 1. The van der Waals surface area contributed by atoms with Gasteiger partial charge in [-0.15, -0.1) is 0 Å². The fourth-order valence-electron chi connectivity index (χ4n) is 3.60. The van der Waals surface area contributed by atoms with Crippen LogP contribution in [-0.4, -0.2) is 28.9 Å². The highest BCUT2D eigenvalue weighted by atomic mass is 16.5. The first-order valence-electron chi connectivity index (χ1n) is 10.0. The molecule has 0 radical (unpaired) electrons. The number of hydrogen-bond acceptors (Lipinski definition) is 4. The third-order valence-corrected chi connectivity index (χ3v) is 5.07. The molecule has 1 aromatic heterocycles.